The summed E-state index contributed by atoms with van der Waals surface area (Å²) in [5, 5.41) is 6.33. The van der Waals surface area contributed by atoms with Crippen molar-refractivity contribution in [2.45, 2.75) is 0 Å². The molecule has 7 heteroatoms. The van der Waals surface area contributed by atoms with Gasteiger partial charge in [-0.1, -0.05) is 121 Å². The summed E-state index contributed by atoms with van der Waals surface area (Å²) in [6.45, 7) is 0. The van der Waals surface area contributed by atoms with Gasteiger partial charge in [-0.25, -0.2) is 15.0 Å². The number of aromatic nitrogens is 3. The van der Waals surface area contributed by atoms with Crippen LogP contribution in [0.2, 0.25) is 0 Å². The average Bonchev–Trinajstić information content (AvgIpc) is 3.98. The normalized spacial score (nSPS) is 11.8. The highest BCUT2D eigenvalue weighted by atomic mass is 32.1. The zero-order valence-electron chi connectivity index (χ0n) is 30.8. The quantitative estimate of drug-likeness (QED) is 0.168. The van der Waals surface area contributed by atoms with E-state index >= 15 is 0 Å². The zero-order valence-corrected chi connectivity index (χ0v) is 31.7. The van der Waals surface area contributed by atoms with Crippen LogP contribution in [0.5, 0.6) is 0 Å². The van der Waals surface area contributed by atoms with Crippen molar-refractivity contribution >= 4 is 92.4 Å². The summed E-state index contributed by atoms with van der Waals surface area (Å²) in [4.78, 5) is 18.2. The molecule has 0 aliphatic carbocycles. The molecule has 58 heavy (non-hydrogen) atoms. The fourth-order valence-electron chi connectivity index (χ4n) is 8.39. The molecular weight excluding hydrogens is 733 g/mol. The number of nitrogens with zero attached hydrogens (tertiary/aromatic N) is 4. The largest absolute Gasteiger partial charge is 0.456 e. The number of para-hydroxylation sites is 3. The molecule has 0 spiro atoms. The first kappa shape index (κ1) is 32.6. The number of hydrogen-bond acceptors (Lipinski definition) is 7. The van der Waals surface area contributed by atoms with Gasteiger partial charge >= 0.3 is 0 Å². The lowest BCUT2D eigenvalue weighted by Crippen LogP contribution is -2.10. The standard InChI is InChI=1S/C51H30N4O2S/c1-3-15-31(16-4-1)49-52-50(37-22-13-28-45-47(37)36-21-9-12-27-44(36)58-45)54-51(53-49)38-29-33(30-43-46(38)34-19-7-10-24-40(34)57-43)55(32-17-5-2-6-18-32)39-23-14-26-42-48(39)35-20-8-11-25-41(35)56-42/h1-30H. The van der Waals surface area contributed by atoms with Gasteiger partial charge in [0.2, 0.25) is 0 Å². The van der Waals surface area contributed by atoms with Gasteiger partial charge in [0.15, 0.2) is 17.5 Å². The Morgan fingerprint density at radius 1 is 0.379 bits per heavy atom. The van der Waals surface area contributed by atoms with Gasteiger partial charge in [0.1, 0.15) is 22.3 Å². The van der Waals surface area contributed by atoms with E-state index in [0.29, 0.717) is 17.5 Å². The van der Waals surface area contributed by atoms with E-state index in [1.165, 1.54) is 14.8 Å². The Bertz CT molecular complexity index is 3530. The summed E-state index contributed by atoms with van der Waals surface area (Å²) < 4.78 is 15.6. The van der Waals surface area contributed by atoms with Crippen LogP contribution in [0.1, 0.15) is 0 Å². The number of thiophene rings is 1. The van der Waals surface area contributed by atoms with E-state index in [2.05, 4.69) is 126 Å². The number of furan rings is 2. The van der Waals surface area contributed by atoms with Crippen LogP contribution in [0.25, 0.3) is 98.2 Å². The SMILES string of the molecule is c1ccc(-c2nc(-c3cc(N(c4ccccc4)c4cccc5oc6ccccc6c45)cc4oc5ccccc5c34)nc(-c3cccc4sc5ccccc5c34)n2)cc1. The molecule has 0 saturated heterocycles. The van der Waals surface area contributed by atoms with Gasteiger partial charge in [0, 0.05) is 64.8 Å². The Morgan fingerprint density at radius 3 is 1.76 bits per heavy atom. The third-order valence-electron chi connectivity index (χ3n) is 10.9. The van der Waals surface area contributed by atoms with Crippen LogP contribution in [0.4, 0.5) is 17.1 Å². The first-order valence-electron chi connectivity index (χ1n) is 19.2. The minimum absolute atomic E-state index is 0.554. The molecule has 0 N–H and O–H groups in total. The topological polar surface area (TPSA) is 68.2 Å². The first-order chi connectivity index (χ1) is 28.7. The maximum atomic E-state index is 6.73. The van der Waals surface area contributed by atoms with E-state index in [-0.39, 0.29) is 0 Å². The van der Waals surface area contributed by atoms with E-state index in [0.717, 1.165) is 83.0 Å². The molecular formula is C51H30N4O2S. The fourth-order valence-corrected chi connectivity index (χ4v) is 9.52. The molecule has 0 fully saturated rings. The molecule has 0 saturated carbocycles. The van der Waals surface area contributed by atoms with Gasteiger partial charge in [-0.3, -0.25) is 0 Å². The van der Waals surface area contributed by atoms with Crippen LogP contribution < -0.4 is 4.90 Å². The third-order valence-corrected chi connectivity index (χ3v) is 12.0. The van der Waals surface area contributed by atoms with E-state index in [1.54, 1.807) is 11.3 Å². The molecule has 0 amide bonds. The van der Waals surface area contributed by atoms with Crippen molar-refractivity contribution in [2.24, 2.45) is 0 Å². The summed E-state index contributed by atoms with van der Waals surface area (Å²) in [5.41, 5.74) is 8.73. The zero-order chi connectivity index (χ0) is 38.2. The van der Waals surface area contributed by atoms with Crippen LogP contribution in [-0.2, 0) is 0 Å². The smallest absolute Gasteiger partial charge is 0.164 e. The molecule has 12 aromatic rings. The molecule has 0 unspecified atom stereocenters. The van der Waals surface area contributed by atoms with Crippen LogP contribution in [0.3, 0.4) is 0 Å². The predicted molar refractivity (Wildman–Crippen MR) is 238 cm³/mol. The second kappa shape index (κ2) is 13.0. The number of rotatable bonds is 6. The molecule has 4 aromatic heterocycles. The van der Waals surface area contributed by atoms with Crippen molar-refractivity contribution in [3.05, 3.63) is 182 Å². The van der Waals surface area contributed by atoms with Gasteiger partial charge in [-0.15, -0.1) is 11.3 Å². The van der Waals surface area contributed by atoms with Crippen LogP contribution >= 0.6 is 11.3 Å². The van der Waals surface area contributed by atoms with Gasteiger partial charge in [-0.05, 0) is 54.6 Å². The van der Waals surface area contributed by atoms with Crippen molar-refractivity contribution in [2.75, 3.05) is 4.90 Å². The highest BCUT2D eigenvalue weighted by molar-refractivity contribution is 7.25. The Balaban J connectivity index is 1.18. The molecule has 0 radical (unpaired) electrons. The Kier molecular flexibility index (Phi) is 7.30. The van der Waals surface area contributed by atoms with Crippen molar-refractivity contribution in [1.82, 2.24) is 15.0 Å². The number of hydrogen-bond donors (Lipinski definition) is 0. The number of fused-ring (bicyclic) bond motifs is 9. The summed E-state index contributed by atoms with van der Waals surface area (Å²) in [5.74, 6) is 1.76. The lowest BCUT2D eigenvalue weighted by Gasteiger charge is -2.26. The Hall–Kier alpha value is -7.61. The first-order valence-corrected chi connectivity index (χ1v) is 20.0. The predicted octanol–water partition coefficient (Wildman–Crippen LogP) is 14.5. The van der Waals surface area contributed by atoms with Crippen LogP contribution in [0, 0.1) is 0 Å². The molecule has 0 aliphatic heterocycles. The molecule has 0 aliphatic rings. The van der Waals surface area contributed by atoms with Gasteiger partial charge in [0.05, 0.1) is 16.8 Å². The lowest BCUT2D eigenvalue weighted by molar-refractivity contribution is 0.669. The highest BCUT2D eigenvalue weighted by Gasteiger charge is 2.25. The minimum Gasteiger partial charge on any atom is -0.456 e. The second-order valence-corrected chi connectivity index (χ2v) is 15.4. The summed E-state index contributed by atoms with van der Waals surface area (Å²) in [7, 11) is 0. The summed E-state index contributed by atoms with van der Waals surface area (Å²) in [6.07, 6.45) is 0. The van der Waals surface area contributed by atoms with Crippen LogP contribution in [-0.4, -0.2) is 15.0 Å². The molecule has 12 rings (SSSR count). The van der Waals surface area contributed by atoms with E-state index in [1.807, 2.05) is 60.7 Å². The average molecular weight is 763 g/mol. The van der Waals surface area contributed by atoms with Crippen molar-refractivity contribution in [3.63, 3.8) is 0 Å². The van der Waals surface area contributed by atoms with Gasteiger partial charge < -0.3 is 13.7 Å². The van der Waals surface area contributed by atoms with E-state index < -0.39 is 0 Å². The number of benzene rings is 8. The van der Waals surface area contributed by atoms with Crippen molar-refractivity contribution < 1.29 is 8.83 Å². The van der Waals surface area contributed by atoms with Crippen molar-refractivity contribution in [1.29, 1.82) is 0 Å². The third kappa shape index (κ3) is 5.14. The summed E-state index contributed by atoms with van der Waals surface area (Å²) in [6, 6.07) is 62.5. The van der Waals surface area contributed by atoms with Crippen molar-refractivity contribution in [3.8, 4) is 34.2 Å². The molecule has 6 nitrogen and oxygen atoms in total. The van der Waals surface area contributed by atoms with Crippen LogP contribution in [0.15, 0.2) is 191 Å². The van der Waals surface area contributed by atoms with E-state index in [9.17, 15) is 0 Å². The van der Waals surface area contributed by atoms with E-state index in [4.69, 9.17) is 23.8 Å². The van der Waals surface area contributed by atoms with Gasteiger partial charge in [-0.2, -0.15) is 0 Å². The monoisotopic (exact) mass is 762 g/mol. The minimum atomic E-state index is 0.554. The highest BCUT2D eigenvalue weighted by Crippen LogP contribution is 2.47. The van der Waals surface area contributed by atoms with Gasteiger partial charge in [0.25, 0.3) is 0 Å². The maximum absolute atomic E-state index is 6.73. The Labute approximate surface area is 335 Å². The second-order valence-electron chi connectivity index (χ2n) is 14.3. The molecule has 0 atom stereocenters. The molecule has 8 aromatic carbocycles. The molecule has 0 bridgehead atoms. The molecule has 4 heterocycles. The Morgan fingerprint density at radius 2 is 0.966 bits per heavy atom. The lowest BCUT2D eigenvalue weighted by atomic mass is 10.0. The summed E-state index contributed by atoms with van der Waals surface area (Å²) >= 11 is 1.78. The fraction of sp³-hybridized carbons (Fsp3) is 0. The number of anilines is 3. The maximum Gasteiger partial charge on any atom is 0.164 e. The molecule has 272 valence electrons.